The van der Waals surface area contributed by atoms with Crippen molar-refractivity contribution in [1.29, 1.82) is 0 Å². The number of rotatable bonds is 4. The summed E-state index contributed by atoms with van der Waals surface area (Å²) in [5.74, 6) is -1.25. The van der Waals surface area contributed by atoms with Crippen LogP contribution in [0.25, 0.3) is 0 Å². The Kier molecular flexibility index (Phi) is 6.27. The maximum atomic E-state index is 11.2. The molecule has 6 nitrogen and oxygen atoms in total. The van der Waals surface area contributed by atoms with Gasteiger partial charge in [-0.25, -0.2) is 5.43 Å². The van der Waals surface area contributed by atoms with Crippen LogP contribution >= 0.6 is 23.2 Å². The van der Waals surface area contributed by atoms with Crippen LogP contribution in [0.5, 0.6) is 5.75 Å². The fourth-order valence-corrected chi connectivity index (χ4v) is 1.96. The van der Waals surface area contributed by atoms with E-state index in [0.717, 1.165) is 0 Å². The standard InChI is InChI=1S/C12H13Cl2N3O3/c1-3-15-11(18)12(19)17-16-6-7-4-8(13)10(20-2)9(14)5-7/h4-6H,3H2,1-2H3,(H,15,18)(H,17,19)/b16-6-. The number of hydrogen-bond acceptors (Lipinski definition) is 4. The number of hydrogen-bond donors (Lipinski definition) is 2. The molecule has 0 bridgehead atoms. The van der Waals surface area contributed by atoms with Gasteiger partial charge < -0.3 is 10.1 Å². The van der Waals surface area contributed by atoms with Crippen molar-refractivity contribution >= 4 is 41.2 Å². The van der Waals surface area contributed by atoms with E-state index in [0.29, 0.717) is 27.9 Å². The van der Waals surface area contributed by atoms with Crippen molar-refractivity contribution < 1.29 is 14.3 Å². The molecule has 20 heavy (non-hydrogen) atoms. The Morgan fingerprint density at radius 3 is 2.40 bits per heavy atom. The topological polar surface area (TPSA) is 79.8 Å². The summed E-state index contributed by atoms with van der Waals surface area (Å²) >= 11 is 11.9. The van der Waals surface area contributed by atoms with Gasteiger partial charge in [-0.2, -0.15) is 5.10 Å². The zero-order valence-electron chi connectivity index (χ0n) is 10.9. The predicted octanol–water partition coefficient (Wildman–Crippen LogP) is 1.59. The van der Waals surface area contributed by atoms with Crippen LogP contribution in [0.4, 0.5) is 0 Å². The summed E-state index contributed by atoms with van der Waals surface area (Å²) in [5, 5.41) is 6.62. The highest BCUT2D eigenvalue weighted by atomic mass is 35.5. The lowest BCUT2D eigenvalue weighted by molar-refractivity contribution is -0.139. The van der Waals surface area contributed by atoms with Gasteiger partial charge in [-0.1, -0.05) is 23.2 Å². The van der Waals surface area contributed by atoms with Crippen molar-refractivity contribution in [1.82, 2.24) is 10.7 Å². The van der Waals surface area contributed by atoms with Gasteiger partial charge in [-0.3, -0.25) is 9.59 Å². The highest BCUT2D eigenvalue weighted by Crippen LogP contribution is 2.33. The third kappa shape index (κ3) is 4.40. The lowest BCUT2D eigenvalue weighted by atomic mass is 10.2. The van der Waals surface area contributed by atoms with Gasteiger partial charge in [0.15, 0.2) is 5.75 Å². The number of hydrazone groups is 1. The summed E-state index contributed by atoms with van der Waals surface area (Å²) in [7, 11) is 1.45. The van der Waals surface area contributed by atoms with Crippen LogP contribution in [0, 0.1) is 0 Å². The number of carbonyl (C=O) groups is 2. The molecular formula is C12H13Cl2N3O3. The minimum Gasteiger partial charge on any atom is -0.494 e. The minimum atomic E-state index is -0.853. The summed E-state index contributed by atoms with van der Waals surface area (Å²) in [6.45, 7) is 2.06. The second-order valence-corrected chi connectivity index (χ2v) is 4.39. The van der Waals surface area contributed by atoms with E-state index in [4.69, 9.17) is 27.9 Å². The normalized spacial score (nSPS) is 10.4. The first kappa shape index (κ1) is 16.3. The van der Waals surface area contributed by atoms with Crippen LogP contribution in [0.15, 0.2) is 17.2 Å². The van der Waals surface area contributed by atoms with E-state index in [9.17, 15) is 9.59 Å². The molecule has 0 aliphatic heterocycles. The number of halogens is 2. The summed E-state index contributed by atoms with van der Waals surface area (Å²) in [6, 6.07) is 3.13. The molecule has 0 saturated carbocycles. The van der Waals surface area contributed by atoms with Crippen molar-refractivity contribution in [3.05, 3.63) is 27.7 Å². The molecule has 1 aromatic carbocycles. The minimum absolute atomic E-state index is 0.316. The molecule has 0 spiro atoms. The maximum absolute atomic E-state index is 11.2. The summed E-state index contributed by atoms with van der Waals surface area (Å²) in [6.07, 6.45) is 1.31. The number of benzene rings is 1. The van der Waals surface area contributed by atoms with E-state index in [1.54, 1.807) is 19.1 Å². The van der Waals surface area contributed by atoms with Crippen molar-refractivity contribution in [2.45, 2.75) is 6.92 Å². The number of amides is 2. The number of carbonyl (C=O) groups excluding carboxylic acids is 2. The first-order chi connectivity index (χ1) is 9.49. The summed E-state index contributed by atoms with van der Waals surface area (Å²) in [5.41, 5.74) is 2.64. The van der Waals surface area contributed by atoms with Gasteiger partial charge in [-0.15, -0.1) is 0 Å². The molecule has 0 fully saturated rings. The van der Waals surface area contributed by atoms with E-state index < -0.39 is 11.8 Å². The zero-order chi connectivity index (χ0) is 15.1. The molecule has 0 radical (unpaired) electrons. The quantitative estimate of drug-likeness (QED) is 0.503. The molecule has 0 atom stereocenters. The van der Waals surface area contributed by atoms with Gasteiger partial charge >= 0.3 is 11.8 Å². The van der Waals surface area contributed by atoms with Crippen LogP contribution in [-0.4, -0.2) is 31.7 Å². The highest BCUT2D eigenvalue weighted by molar-refractivity contribution is 6.37. The van der Waals surface area contributed by atoms with Crippen LogP contribution in [0.1, 0.15) is 12.5 Å². The number of ether oxygens (including phenoxy) is 1. The molecule has 2 amide bonds. The number of nitrogens with one attached hydrogen (secondary N) is 2. The third-order valence-electron chi connectivity index (χ3n) is 2.15. The van der Waals surface area contributed by atoms with Gasteiger partial charge in [-0.05, 0) is 24.6 Å². The molecular weight excluding hydrogens is 305 g/mol. The lowest BCUT2D eigenvalue weighted by Crippen LogP contribution is -2.37. The highest BCUT2D eigenvalue weighted by Gasteiger charge is 2.10. The summed E-state index contributed by atoms with van der Waals surface area (Å²) in [4.78, 5) is 22.4. The molecule has 0 aromatic heterocycles. The molecule has 0 aliphatic rings. The first-order valence-electron chi connectivity index (χ1n) is 5.63. The molecule has 0 saturated heterocycles. The van der Waals surface area contributed by atoms with Gasteiger partial charge in [0, 0.05) is 6.54 Å². The molecule has 2 N–H and O–H groups in total. The van der Waals surface area contributed by atoms with Crippen LogP contribution in [0.2, 0.25) is 10.0 Å². The van der Waals surface area contributed by atoms with Crippen LogP contribution < -0.4 is 15.5 Å². The Labute approximate surface area is 126 Å². The molecule has 1 aromatic rings. The van der Waals surface area contributed by atoms with Gasteiger partial charge in [0.25, 0.3) is 0 Å². The molecule has 8 heteroatoms. The van der Waals surface area contributed by atoms with Crippen LogP contribution in [-0.2, 0) is 9.59 Å². The Bertz CT molecular complexity index is 524. The molecule has 108 valence electrons. The smallest absolute Gasteiger partial charge is 0.329 e. The van der Waals surface area contributed by atoms with E-state index in [1.165, 1.54) is 13.3 Å². The Hall–Kier alpha value is -1.79. The van der Waals surface area contributed by atoms with Gasteiger partial charge in [0.2, 0.25) is 0 Å². The average molecular weight is 318 g/mol. The van der Waals surface area contributed by atoms with Gasteiger partial charge in [0.1, 0.15) is 0 Å². The third-order valence-corrected chi connectivity index (χ3v) is 2.71. The Balaban J connectivity index is 2.72. The second kappa shape index (κ2) is 7.72. The molecule has 0 heterocycles. The average Bonchev–Trinajstić information content (AvgIpc) is 2.38. The van der Waals surface area contributed by atoms with E-state index in [-0.39, 0.29) is 0 Å². The van der Waals surface area contributed by atoms with E-state index >= 15 is 0 Å². The number of methoxy groups -OCH3 is 1. The van der Waals surface area contributed by atoms with Crippen molar-refractivity contribution in [2.75, 3.05) is 13.7 Å². The Morgan fingerprint density at radius 1 is 1.30 bits per heavy atom. The van der Waals surface area contributed by atoms with E-state index in [1.807, 2.05) is 0 Å². The fraction of sp³-hybridized carbons (Fsp3) is 0.250. The predicted molar refractivity (Wildman–Crippen MR) is 77.4 cm³/mol. The van der Waals surface area contributed by atoms with Gasteiger partial charge in [0.05, 0.1) is 23.4 Å². The Morgan fingerprint density at radius 2 is 1.90 bits per heavy atom. The monoisotopic (exact) mass is 317 g/mol. The second-order valence-electron chi connectivity index (χ2n) is 3.58. The molecule has 1 rings (SSSR count). The van der Waals surface area contributed by atoms with Crippen molar-refractivity contribution in [3.8, 4) is 5.75 Å². The van der Waals surface area contributed by atoms with E-state index in [2.05, 4.69) is 15.8 Å². The molecule has 0 aliphatic carbocycles. The summed E-state index contributed by atoms with van der Waals surface area (Å²) < 4.78 is 5.00. The maximum Gasteiger partial charge on any atom is 0.329 e. The van der Waals surface area contributed by atoms with Crippen molar-refractivity contribution in [2.24, 2.45) is 5.10 Å². The molecule has 0 unspecified atom stereocenters. The van der Waals surface area contributed by atoms with Crippen LogP contribution in [0.3, 0.4) is 0 Å². The fourth-order valence-electron chi connectivity index (χ4n) is 1.31. The SMILES string of the molecule is CCNC(=O)C(=O)N/N=C\c1cc(Cl)c(OC)c(Cl)c1. The first-order valence-corrected chi connectivity index (χ1v) is 6.39. The number of nitrogens with zero attached hydrogens (tertiary/aromatic N) is 1. The zero-order valence-corrected chi connectivity index (χ0v) is 12.4. The largest absolute Gasteiger partial charge is 0.494 e. The van der Waals surface area contributed by atoms with Crippen molar-refractivity contribution in [3.63, 3.8) is 0 Å². The number of likely N-dealkylation sites (N-methyl/N-ethyl adjacent to an activating group) is 1. The lowest BCUT2D eigenvalue weighted by Gasteiger charge is -2.06.